The Bertz CT molecular complexity index is 1420. The summed E-state index contributed by atoms with van der Waals surface area (Å²) in [6.07, 6.45) is 3.94. The molecule has 0 spiro atoms. The van der Waals surface area contributed by atoms with Gasteiger partial charge in [0.25, 0.3) is 0 Å². The van der Waals surface area contributed by atoms with Crippen molar-refractivity contribution in [2.24, 2.45) is 0 Å². The lowest BCUT2D eigenvalue weighted by molar-refractivity contribution is -0.142. The molecule has 5 rings (SSSR count). The van der Waals surface area contributed by atoms with Gasteiger partial charge in [0.15, 0.2) is 0 Å². The SMILES string of the molecule is COc1cccc([C@H](C(=O)NC2CCCC2)N(Cc2ccc(F)cc2)C(=O)Cn2nnc3ccccc32)c1. The number of ether oxygens (including phenoxy) is 1. The lowest BCUT2D eigenvalue weighted by Crippen LogP contribution is -2.46. The maximum absolute atomic E-state index is 14.0. The largest absolute Gasteiger partial charge is 0.497 e. The smallest absolute Gasteiger partial charge is 0.247 e. The molecule has 1 aromatic heterocycles. The maximum atomic E-state index is 14.0. The quantitative estimate of drug-likeness (QED) is 0.357. The fraction of sp³-hybridized carbons (Fsp3) is 0.310. The molecule has 1 heterocycles. The minimum Gasteiger partial charge on any atom is -0.497 e. The normalized spacial score (nSPS) is 14.4. The van der Waals surface area contributed by atoms with Gasteiger partial charge in [-0.2, -0.15) is 0 Å². The Morgan fingerprint density at radius 3 is 2.61 bits per heavy atom. The highest BCUT2D eigenvalue weighted by Crippen LogP contribution is 2.29. The molecule has 0 saturated heterocycles. The van der Waals surface area contributed by atoms with Gasteiger partial charge in [0.2, 0.25) is 11.8 Å². The van der Waals surface area contributed by atoms with Crippen LogP contribution in [0.3, 0.4) is 0 Å². The molecule has 1 saturated carbocycles. The minimum absolute atomic E-state index is 0.0673. The van der Waals surface area contributed by atoms with Crippen LogP contribution in [-0.2, 0) is 22.7 Å². The van der Waals surface area contributed by atoms with E-state index in [0.717, 1.165) is 31.2 Å². The Morgan fingerprint density at radius 2 is 1.84 bits per heavy atom. The van der Waals surface area contributed by atoms with Crippen molar-refractivity contribution in [1.29, 1.82) is 0 Å². The number of para-hydroxylation sites is 1. The molecule has 0 radical (unpaired) electrons. The predicted octanol–water partition coefficient (Wildman–Crippen LogP) is 4.41. The van der Waals surface area contributed by atoms with Crippen molar-refractivity contribution in [2.45, 2.75) is 50.9 Å². The van der Waals surface area contributed by atoms with Crippen molar-refractivity contribution in [2.75, 3.05) is 7.11 Å². The van der Waals surface area contributed by atoms with Gasteiger partial charge in [-0.05, 0) is 60.4 Å². The summed E-state index contributed by atoms with van der Waals surface area (Å²) in [7, 11) is 1.56. The zero-order chi connectivity index (χ0) is 26.5. The lowest BCUT2D eigenvalue weighted by Gasteiger charge is -2.32. The minimum atomic E-state index is -0.932. The number of fused-ring (bicyclic) bond motifs is 1. The molecule has 196 valence electrons. The number of benzene rings is 3. The fourth-order valence-corrected chi connectivity index (χ4v) is 5.00. The number of rotatable bonds is 9. The predicted molar refractivity (Wildman–Crippen MR) is 141 cm³/mol. The van der Waals surface area contributed by atoms with E-state index >= 15 is 0 Å². The molecule has 9 heteroatoms. The molecule has 8 nitrogen and oxygen atoms in total. The van der Waals surface area contributed by atoms with E-state index in [1.165, 1.54) is 21.7 Å². The summed E-state index contributed by atoms with van der Waals surface area (Å²) in [5.74, 6) is -0.370. The van der Waals surface area contributed by atoms with E-state index in [9.17, 15) is 14.0 Å². The number of methoxy groups -OCH3 is 1. The number of amides is 2. The standard InChI is InChI=1S/C29H30FN5O3/c1-38-24-10-6-7-21(17-24)28(29(37)31-23-8-2-3-9-23)34(18-20-13-15-22(30)16-14-20)27(36)19-35-26-12-5-4-11-25(26)32-33-35/h4-7,10-17,23,28H,2-3,8-9,18-19H2,1H3,(H,31,37)/t28-/m1/s1. The van der Waals surface area contributed by atoms with Crippen molar-refractivity contribution < 1.29 is 18.7 Å². The van der Waals surface area contributed by atoms with Gasteiger partial charge in [-0.1, -0.05) is 54.5 Å². The van der Waals surface area contributed by atoms with Crippen LogP contribution >= 0.6 is 0 Å². The number of nitrogens with one attached hydrogen (secondary N) is 1. The van der Waals surface area contributed by atoms with Crippen LogP contribution in [0.5, 0.6) is 5.75 Å². The van der Waals surface area contributed by atoms with Crippen LogP contribution in [0.25, 0.3) is 11.0 Å². The van der Waals surface area contributed by atoms with Crippen LogP contribution in [0.1, 0.15) is 42.9 Å². The van der Waals surface area contributed by atoms with Gasteiger partial charge in [0, 0.05) is 12.6 Å². The van der Waals surface area contributed by atoms with Gasteiger partial charge in [-0.3, -0.25) is 9.59 Å². The van der Waals surface area contributed by atoms with Crippen molar-refractivity contribution in [3.05, 3.63) is 89.7 Å². The highest BCUT2D eigenvalue weighted by molar-refractivity contribution is 5.89. The molecule has 1 N–H and O–H groups in total. The van der Waals surface area contributed by atoms with E-state index in [4.69, 9.17) is 4.74 Å². The number of halogens is 1. The van der Waals surface area contributed by atoms with Gasteiger partial charge in [-0.25, -0.2) is 9.07 Å². The monoisotopic (exact) mass is 515 g/mol. The molecular weight excluding hydrogens is 485 g/mol. The molecular formula is C29H30FN5O3. The molecule has 4 aromatic rings. The van der Waals surface area contributed by atoms with Crippen LogP contribution in [0.2, 0.25) is 0 Å². The molecule has 1 aliphatic carbocycles. The Morgan fingerprint density at radius 1 is 1.08 bits per heavy atom. The second-order valence-corrected chi connectivity index (χ2v) is 9.55. The highest BCUT2D eigenvalue weighted by Gasteiger charge is 2.34. The number of aromatic nitrogens is 3. The molecule has 2 amide bonds. The van der Waals surface area contributed by atoms with Gasteiger partial charge in [-0.15, -0.1) is 5.10 Å². The average molecular weight is 516 g/mol. The first-order valence-corrected chi connectivity index (χ1v) is 12.8. The van der Waals surface area contributed by atoms with Crippen molar-refractivity contribution >= 4 is 22.8 Å². The number of hydrogen-bond acceptors (Lipinski definition) is 5. The first-order chi connectivity index (χ1) is 18.5. The van der Waals surface area contributed by atoms with E-state index < -0.39 is 6.04 Å². The second kappa shape index (κ2) is 11.4. The molecule has 0 aliphatic heterocycles. The molecule has 0 bridgehead atoms. The van der Waals surface area contributed by atoms with Crippen molar-refractivity contribution in [1.82, 2.24) is 25.2 Å². The number of hydrogen-bond donors (Lipinski definition) is 1. The second-order valence-electron chi connectivity index (χ2n) is 9.55. The van der Waals surface area contributed by atoms with Crippen LogP contribution in [0.4, 0.5) is 4.39 Å². The average Bonchev–Trinajstić information content (AvgIpc) is 3.60. The lowest BCUT2D eigenvalue weighted by atomic mass is 10.0. The van der Waals surface area contributed by atoms with Gasteiger partial charge >= 0.3 is 0 Å². The van der Waals surface area contributed by atoms with Crippen molar-refractivity contribution in [3.8, 4) is 5.75 Å². The number of carbonyl (C=O) groups excluding carboxylic acids is 2. The summed E-state index contributed by atoms with van der Waals surface area (Å²) >= 11 is 0. The summed E-state index contributed by atoms with van der Waals surface area (Å²) in [6.45, 7) is -0.00933. The van der Waals surface area contributed by atoms with Gasteiger partial charge in [0.1, 0.15) is 29.7 Å². The van der Waals surface area contributed by atoms with E-state index in [2.05, 4.69) is 15.6 Å². The molecule has 3 aromatic carbocycles. The molecule has 1 atom stereocenters. The first kappa shape index (κ1) is 25.4. The topological polar surface area (TPSA) is 89.4 Å². The summed E-state index contributed by atoms with van der Waals surface area (Å²) in [5, 5.41) is 11.5. The zero-order valence-electron chi connectivity index (χ0n) is 21.2. The van der Waals surface area contributed by atoms with Crippen molar-refractivity contribution in [3.63, 3.8) is 0 Å². The molecule has 1 aliphatic rings. The molecule has 38 heavy (non-hydrogen) atoms. The number of carbonyl (C=O) groups is 2. The first-order valence-electron chi connectivity index (χ1n) is 12.8. The van der Waals surface area contributed by atoms with Crippen LogP contribution in [0.15, 0.2) is 72.8 Å². The van der Waals surface area contributed by atoms with Gasteiger partial charge in [0.05, 0.1) is 12.6 Å². The zero-order valence-corrected chi connectivity index (χ0v) is 21.2. The third kappa shape index (κ3) is 5.66. The third-order valence-electron chi connectivity index (χ3n) is 6.96. The Labute approximate surface area is 220 Å². The van der Waals surface area contributed by atoms with Crippen LogP contribution in [0, 0.1) is 5.82 Å². The van der Waals surface area contributed by atoms with Crippen LogP contribution < -0.4 is 10.1 Å². The van der Waals surface area contributed by atoms with E-state index in [1.807, 2.05) is 30.3 Å². The van der Waals surface area contributed by atoms with E-state index in [0.29, 0.717) is 22.4 Å². The summed E-state index contributed by atoms with van der Waals surface area (Å²) < 4.78 is 20.6. The third-order valence-corrected chi connectivity index (χ3v) is 6.96. The van der Waals surface area contributed by atoms with Crippen LogP contribution in [-0.4, -0.2) is 44.9 Å². The van der Waals surface area contributed by atoms with E-state index in [-0.39, 0.29) is 36.8 Å². The highest BCUT2D eigenvalue weighted by atomic mass is 19.1. The summed E-state index contributed by atoms with van der Waals surface area (Å²) in [5.41, 5.74) is 2.72. The number of nitrogens with zero attached hydrogens (tertiary/aromatic N) is 4. The molecule has 0 unspecified atom stereocenters. The Balaban J connectivity index is 1.54. The fourth-order valence-electron chi connectivity index (χ4n) is 5.00. The Hall–Kier alpha value is -4.27. The van der Waals surface area contributed by atoms with Gasteiger partial charge < -0.3 is 15.0 Å². The summed E-state index contributed by atoms with van der Waals surface area (Å²) in [4.78, 5) is 29.4. The maximum Gasteiger partial charge on any atom is 0.247 e. The summed E-state index contributed by atoms with van der Waals surface area (Å²) in [6, 6.07) is 19.7. The Kier molecular flexibility index (Phi) is 7.62. The van der Waals surface area contributed by atoms with E-state index in [1.54, 1.807) is 37.4 Å². The molecule has 1 fully saturated rings.